The summed E-state index contributed by atoms with van der Waals surface area (Å²) in [6, 6.07) is 3.05. The van der Waals surface area contributed by atoms with Crippen molar-refractivity contribution in [2.24, 2.45) is 5.73 Å². The number of nitrogens with two attached hydrogens (primary N) is 1. The van der Waals surface area contributed by atoms with Gasteiger partial charge in [0.1, 0.15) is 0 Å². The van der Waals surface area contributed by atoms with Gasteiger partial charge in [0.25, 0.3) is 0 Å². The summed E-state index contributed by atoms with van der Waals surface area (Å²) >= 11 is 5.64. The second-order valence-electron chi connectivity index (χ2n) is 3.67. The minimum atomic E-state index is -4.38. The predicted octanol–water partition coefficient (Wildman–Crippen LogP) is 4.16. The largest absolute Gasteiger partial charge is 0.416 e. The van der Waals surface area contributed by atoms with Gasteiger partial charge in [-0.3, -0.25) is 0 Å². The molecule has 90 valence electrons. The van der Waals surface area contributed by atoms with Crippen LogP contribution in [0.25, 0.3) is 0 Å². The molecule has 0 spiro atoms. The highest BCUT2D eigenvalue weighted by Crippen LogP contribution is 2.33. The van der Waals surface area contributed by atoms with Crippen LogP contribution in [0.4, 0.5) is 13.2 Å². The minimum absolute atomic E-state index is 0.0661. The van der Waals surface area contributed by atoms with E-state index in [0.717, 1.165) is 18.6 Å². The molecule has 1 rings (SSSR count). The van der Waals surface area contributed by atoms with Crippen LogP contribution in [0.3, 0.4) is 0 Å². The smallest absolute Gasteiger partial charge is 0.324 e. The highest BCUT2D eigenvalue weighted by Gasteiger charge is 2.31. The highest BCUT2D eigenvalue weighted by molar-refractivity contribution is 6.30. The Morgan fingerprint density at radius 1 is 1.31 bits per heavy atom. The molecule has 0 heterocycles. The molecule has 1 aromatic carbocycles. The van der Waals surface area contributed by atoms with Crippen LogP contribution in [0.2, 0.25) is 5.02 Å². The lowest BCUT2D eigenvalue weighted by atomic mass is 10.0. The summed E-state index contributed by atoms with van der Waals surface area (Å²) in [5.74, 6) is 0. The van der Waals surface area contributed by atoms with Crippen molar-refractivity contribution >= 4 is 11.6 Å². The van der Waals surface area contributed by atoms with Crippen LogP contribution in [0, 0.1) is 0 Å². The zero-order valence-corrected chi connectivity index (χ0v) is 9.57. The summed E-state index contributed by atoms with van der Waals surface area (Å²) in [5, 5.41) is 0.0661. The lowest BCUT2D eigenvalue weighted by molar-refractivity contribution is -0.137. The maximum absolute atomic E-state index is 12.5. The summed E-state index contributed by atoms with van der Waals surface area (Å²) in [4.78, 5) is 0. The molecule has 16 heavy (non-hydrogen) atoms. The van der Waals surface area contributed by atoms with Gasteiger partial charge in [0, 0.05) is 11.1 Å². The van der Waals surface area contributed by atoms with Gasteiger partial charge in [0.05, 0.1) is 5.56 Å². The fourth-order valence-corrected chi connectivity index (χ4v) is 1.71. The van der Waals surface area contributed by atoms with Crippen LogP contribution >= 0.6 is 11.6 Å². The van der Waals surface area contributed by atoms with E-state index in [1.807, 2.05) is 6.92 Å². The second-order valence-corrected chi connectivity index (χ2v) is 4.10. The number of rotatable bonds is 3. The van der Waals surface area contributed by atoms with Gasteiger partial charge in [-0.05, 0) is 30.2 Å². The lowest BCUT2D eigenvalue weighted by Crippen LogP contribution is -2.12. The summed E-state index contributed by atoms with van der Waals surface area (Å²) in [7, 11) is 0. The molecule has 0 aliphatic carbocycles. The van der Waals surface area contributed by atoms with E-state index in [0.29, 0.717) is 12.0 Å². The average molecular weight is 252 g/mol. The van der Waals surface area contributed by atoms with E-state index >= 15 is 0 Å². The Hall–Kier alpha value is -0.740. The molecule has 1 atom stereocenters. The zero-order valence-electron chi connectivity index (χ0n) is 8.81. The maximum Gasteiger partial charge on any atom is 0.416 e. The lowest BCUT2D eigenvalue weighted by Gasteiger charge is -2.14. The molecule has 2 N–H and O–H groups in total. The number of hydrogen-bond acceptors (Lipinski definition) is 1. The normalized spacial score (nSPS) is 13.9. The molecule has 1 nitrogen and oxygen atoms in total. The molecule has 5 heteroatoms. The molecule has 0 aromatic heterocycles. The van der Waals surface area contributed by atoms with Crippen molar-refractivity contribution in [3.63, 3.8) is 0 Å². The van der Waals surface area contributed by atoms with E-state index in [-0.39, 0.29) is 5.02 Å². The van der Waals surface area contributed by atoms with Crippen LogP contribution in [0.15, 0.2) is 18.2 Å². The third-order valence-electron chi connectivity index (χ3n) is 2.28. The number of halogens is 4. The van der Waals surface area contributed by atoms with E-state index in [1.165, 1.54) is 6.07 Å². The van der Waals surface area contributed by atoms with E-state index < -0.39 is 17.8 Å². The first-order chi connectivity index (χ1) is 7.34. The van der Waals surface area contributed by atoms with Crippen molar-refractivity contribution in [1.82, 2.24) is 0 Å². The number of alkyl halides is 3. The van der Waals surface area contributed by atoms with Crippen LogP contribution < -0.4 is 5.73 Å². The molecule has 0 fully saturated rings. The highest BCUT2D eigenvalue weighted by atomic mass is 35.5. The van der Waals surface area contributed by atoms with Crippen molar-refractivity contribution in [3.8, 4) is 0 Å². The Kier molecular flexibility index (Phi) is 4.21. The topological polar surface area (TPSA) is 26.0 Å². The van der Waals surface area contributed by atoms with Crippen LogP contribution in [-0.2, 0) is 6.18 Å². The van der Waals surface area contributed by atoms with Crippen molar-refractivity contribution in [2.45, 2.75) is 32.0 Å². The molecule has 0 aliphatic heterocycles. The van der Waals surface area contributed by atoms with E-state index in [4.69, 9.17) is 17.3 Å². The van der Waals surface area contributed by atoms with Crippen LogP contribution in [0.5, 0.6) is 0 Å². The number of benzene rings is 1. The van der Waals surface area contributed by atoms with Gasteiger partial charge in [0.2, 0.25) is 0 Å². The predicted molar refractivity (Wildman–Crippen MR) is 58.3 cm³/mol. The summed E-state index contributed by atoms with van der Waals surface area (Å²) in [5.41, 5.74) is 5.44. The molecule has 0 aliphatic rings. The maximum atomic E-state index is 12.5. The van der Waals surface area contributed by atoms with E-state index in [9.17, 15) is 13.2 Å². The van der Waals surface area contributed by atoms with Gasteiger partial charge in [0.15, 0.2) is 0 Å². The van der Waals surface area contributed by atoms with Crippen molar-refractivity contribution in [2.75, 3.05) is 0 Å². The van der Waals surface area contributed by atoms with Crippen molar-refractivity contribution in [3.05, 3.63) is 34.3 Å². The minimum Gasteiger partial charge on any atom is -0.324 e. The molecule has 0 saturated carbocycles. The van der Waals surface area contributed by atoms with Crippen LogP contribution in [0.1, 0.15) is 36.9 Å². The first-order valence-electron chi connectivity index (χ1n) is 4.98. The molecule has 0 unspecified atom stereocenters. The van der Waals surface area contributed by atoms with E-state index in [2.05, 4.69) is 0 Å². The Morgan fingerprint density at radius 2 is 1.94 bits per heavy atom. The second kappa shape index (κ2) is 5.06. The quantitative estimate of drug-likeness (QED) is 0.858. The van der Waals surface area contributed by atoms with Gasteiger partial charge in [-0.15, -0.1) is 0 Å². The number of hydrogen-bond donors (Lipinski definition) is 1. The average Bonchev–Trinajstić information content (AvgIpc) is 2.16. The third-order valence-corrected chi connectivity index (χ3v) is 2.49. The molecule has 0 amide bonds. The SMILES string of the molecule is CCC[C@H](N)c1cc(Cl)cc(C(F)(F)F)c1. The van der Waals surface area contributed by atoms with Gasteiger partial charge >= 0.3 is 6.18 Å². The third kappa shape index (κ3) is 3.39. The molecular formula is C11H13ClF3N. The summed E-state index contributed by atoms with van der Waals surface area (Å²) in [6.45, 7) is 1.93. The Balaban J connectivity index is 3.08. The zero-order chi connectivity index (χ0) is 12.3. The van der Waals surface area contributed by atoms with Crippen LogP contribution in [-0.4, -0.2) is 0 Å². The Labute approximate surface area is 97.4 Å². The van der Waals surface area contributed by atoms with Gasteiger partial charge in [-0.2, -0.15) is 13.2 Å². The summed E-state index contributed by atoms with van der Waals surface area (Å²) in [6.07, 6.45) is -2.93. The van der Waals surface area contributed by atoms with Gasteiger partial charge < -0.3 is 5.73 Å². The Bertz CT molecular complexity index is 363. The van der Waals surface area contributed by atoms with E-state index in [1.54, 1.807) is 0 Å². The molecule has 0 bridgehead atoms. The Morgan fingerprint density at radius 3 is 2.44 bits per heavy atom. The molecule has 0 radical (unpaired) electrons. The van der Waals surface area contributed by atoms with Gasteiger partial charge in [-0.1, -0.05) is 24.9 Å². The molecule has 1 aromatic rings. The molecule has 0 saturated heterocycles. The fraction of sp³-hybridized carbons (Fsp3) is 0.455. The summed E-state index contributed by atoms with van der Waals surface area (Å²) < 4.78 is 37.5. The molecular weight excluding hydrogens is 239 g/mol. The fourth-order valence-electron chi connectivity index (χ4n) is 1.47. The van der Waals surface area contributed by atoms with Crippen molar-refractivity contribution in [1.29, 1.82) is 0 Å². The monoisotopic (exact) mass is 251 g/mol. The van der Waals surface area contributed by atoms with Crippen molar-refractivity contribution < 1.29 is 13.2 Å². The first-order valence-corrected chi connectivity index (χ1v) is 5.35. The first kappa shape index (κ1) is 13.3. The standard InChI is InChI=1S/C11H13ClF3N/c1-2-3-10(16)7-4-8(11(13,14)15)6-9(12)5-7/h4-6,10H,2-3,16H2,1H3/t10-/m0/s1. The van der Waals surface area contributed by atoms with Gasteiger partial charge in [-0.25, -0.2) is 0 Å².